The van der Waals surface area contributed by atoms with Crippen LogP contribution in [0.3, 0.4) is 0 Å². The van der Waals surface area contributed by atoms with E-state index < -0.39 is 11.8 Å². The van der Waals surface area contributed by atoms with Gasteiger partial charge in [-0.15, -0.1) is 0 Å². The van der Waals surface area contributed by atoms with E-state index in [2.05, 4.69) is 25.7 Å². The van der Waals surface area contributed by atoms with Crippen LogP contribution in [0, 0.1) is 17.7 Å². The van der Waals surface area contributed by atoms with Crippen molar-refractivity contribution in [2.45, 2.75) is 123 Å². The highest BCUT2D eigenvalue weighted by Crippen LogP contribution is 2.24. The number of carbonyl (C=O) groups is 2. The van der Waals surface area contributed by atoms with Crippen LogP contribution in [0.1, 0.15) is 133 Å². The minimum Gasteiger partial charge on any atom is -0.491 e. The van der Waals surface area contributed by atoms with Crippen molar-refractivity contribution in [2.75, 3.05) is 6.61 Å². The van der Waals surface area contributed by atoms with Gasteiger partial charge in [-0.2, -0.15) is 0 Å². The normalized spacial score (nSPS) is 11.3. The summed E-state index contributed by atoms with van der Waals surface area (Å²) >= 11 is 0. The fourth-order valence-electron chi connectivity index (χ4n) is 5.41. The quantitative estimate of drug-likeness (QED) is 0.0494. The van der Waals surface area contributed by atoms with E-state index >= 15 is 0 Å². The molecule has 0 radical (unpaired) electrons. The molecule has 5 nitrogen and oxygen atoms in total. The summed E-state index contributed by atoms with van der Waals surface area (Å²) in [5, 5.41) is 0. The molecule has 0 aromatic heterocycles. The molecule has 0 aliphatic rings. The SMILES string of the molecule is CCCCCCCCCCCCOc1ccc(C#CC(=O)Oc2ccc(-c3ccc(C(=O)O[C@H](C)CCCCCC)cc3)cc2)cc1F. The van der Waals surface area contributed by atoms with Gasteiger partial charge in [-0.3, -0.25) is 0 Å². The number of ether oxygens (including phenoxy) is 3. The van der Waals surface area contributed by atoms with Gasteiger partial charge in [-0.1, -0.05) is 121 Å². The number of hydrogen-bond donors (Lipinski definition) is 0. The summed E-state index contributed by atoms with van der Waals surface area (Å²) in [6.45, 7) is 6.82. The molecule has 1 atom stereocenters. The molecule has 0 N–H and O–H groups in total. The standard InChI is InChI=1S/C42H53FO5/c1-4-6-8-10-11-12-13-14-15-17-31-46-40-29-19-34(32-39(40)43)20-30-41(44)48-38-27-25-36(26-28-38)35-21-23-37(24-22-35)42(45)47-33(3)18-16-9-7-5-2/h19,21-29,32-33H,4-18,31H2,1-3H3/t33-/m1/s1. The Kier molecular flexibility index (Phi) is 17.9. The number of carbonyl (C=O) groups excluding carboxylic acids is 2. The van der Waals surface area contributed by atoms with Gasteiger partial charge in [0.2, 0.25) is 0 Å². The molecule has 48 heavy (non-hydrogen) atoms. The average molecular weight is 657 g/mol. The van der Waals surface area contributed by atoms with Gasteiger partial charge in [0.05, 0.1) is 18.3 Å². The van der Waals surface area contributed by atoms with Crippen molar-refractivity contribution in [3.05, 3.63) is 83.7 Å². The van der Waals surface area contributed by atoms with Gasteiger partial charge >= 0.3 is 11.9 Å². The van der Waals surface area contributed by atoms with Crippen molar-refractivity contribution in [1.29, 1.82) is 0 Å². The molecular formula is C42H53FO5. The van der Waals surface area contributed by atoms with E-state index in [1.165, 1.54) is 70.3 Å². The Balaban J connectivity index is 1.39. The van der Waals surface area contributed by atoms with Crippen LogP contribution in [0.5, 0.6) is 11.5 Å². The Hall–Kier alpha value is -4.11. The van der Waals surface area contributed by atoms with Crippen molar-refractivity contribution in [1.82, 2.24) is 0 Å². The highest BCUT2D eigenvalue weighted by molar-refractivity contribution is 5.91. The molecule has 3 aromatic carbocycles. The van der Waals surface area contributed by atoms with E-state index in [-0.39, 0.29) is 17.8 Å². The maximum Gasteiger partial charge on any atom is 0.390 e. The zero-order chi connectivity index (χ0) is 34.4. The molecule has 0 saturated carbocycles. The molecule has 3 aromatic rings. The van der Waals surface area contributed by atoms with E-state index in [0.29, 0.717) is 23.5 Å². The fourth-order valence-corrected chi connectivity index (χ4v) is 5.41. The Morgan fingerprint density at radius 2 is 1.27 bits per heavy atom. The summed E-state index contributed by atoms with van der Waals surface area (Å²) in [6.07, 6.45) is 17.7. The lowest BCUT2D eigenvalue weighted by atomic mass is 10.0. The van der Waals surface area contributed by atoms with Gasteiger partial charge in [-0.25, -0.2) is 14.0 Å². The van der Waals surface area contributed by atoms with Crippen LogP contribution in [0.4, 0.5) is 4.39 Å². The molecule has 0 heterocycles. The van der Waals surface area contributed by atoms with Gasteiger partial charge in [0.25, 0.3) is 0 Å². The third-order valence-corrected chi connectivity index (χ3v) is 8.29. The number of hydrogen-bond acceptors (Lipinski definition) is 5. The van der Waals surface area contributed by atoms with Crippen molar-refractivity contribution in [3.8, 4) is 34.5 Å². The Morgan fingerprint density at radius 3 is 1.88 bits per heavy atom. The van der Waals surface area contributed by atoms with Crippen LogP contribution in [0.15, 0.2) is 66.7 Å². The molecule has 0 aliphatic carbocycles. The fraction of sp³-hybridized carbons (Fsp3) is 0.476. The van der Waals surface area contributed by atoms with Crippen LogP contribution < -0.4 is 9.47 Å². The molecule has 6 heteroatoms. The topological polar surface area (TPSA) is 61.8 Å². The molecule has 0 unspecified atom stereocenters. The van der Waals surface area contributed by atoms with Crippen LogP contribution in [0.2, 0.25) is 0 Å². The summed E-state index contributed by atoms with van der Waals surface area (Å²) < 4.78 is 31.1. The number of esters is 2. The second-order valence-electron chi connectivity index (χ2n) is 12.5. The van der Waals surface area contributed by atoms with Crippen LogP contribution in [0.25, 0.3) is 11.1 Å². The molecule has 0 saturated heterocycles. The predicted molar refractivity (Wildman–Crippen MR) is 192 cm³/mol. The summed E-state index contributed by atoms with van der Waals surface area (Å²) in [5.74, 6) is 4.04. The highest BCUT2D eigenvalue weighted by atomic mass is 19.1. The summed E-state index contributed by atoms with van der Waals surface area (Å²) in [7, 11) is 0. The summed E-state index contributed by atoms with van der Waals surface area (Å²) in [6, 6.07) is 18.7. The molecular weight excluding hydrogens is 603 g/mol. The monoisotopic (exact) mass is 656 g/mol. The maximum absolute atomic E-state index is 14.5. The predicted octanol–water partition coefficient (Wildman–Crippen LogP) is 11.3. The zero-order valence-electron chi connectivity index (χ0n) is 29.2. The lowest BCUT2D eigenvalue weighted by molar-refractivity contribution is -0.128. The van der Waals surface area contributed by atoms with Crippen molar-refractivity contribution in [2.24, 2.45) is 0 Å². The third kappa shape index (κ3) is 14.8. The average Bonchev–Trinajstić information content (AvgIpc) is 3.09. The first-order valence-electron chi connectivity index (χ1n) is 18.0. The first-order chi connectivity index (χ1) is 23.4. The Bertz CT molecular complexity index is 1440. The van der Waals surface area contributed by atoms with Gasteiger partial charge in [0, 0.05) is 11.5 Å². The number of unbranched alkanes of at least 4 members (excludes halogenated alkanes) is 12. The molecule has 0 aliphatic heterocycles. The van der Waals surface area contributed by atoms with Crippen LogP contribution >= 0.6 is 0 Å². The molecule has 258 valence electrons. The lowest BCUT2D eigenvalue weighted by Crippen LogP contribution is -2.15. The molecule has 0 fully saturated rings. The summed E-state index contributed by atoms with van der Waals surface area (Å²) in [5.41, 5.74) is 2.68. The first kappa shape index (κ1) is 38.3. The molecule has 0 bridgehead atoms. The highest BCUT2D eigenvalue weighted by Gasteiger charge is 2.12. The second kappa shape index (κ2) is 22.5. The Labute approximate surface area is 287 Å². The largest absolute Gasteiger partial charge is 0.491 e. The van der Waals surface area contributed by atoms with E-state index in [1.807, 2.05) is 31.2 Å². The third-order valence-electron chi connectivity index (χ3n) is 8.29. The van der Waals surface area contributed by atoms with E-state index in [1.54, 1.807) is 36.4 Å². The van der Waals surface area contributed by atoms with E-state index in [9.17, 15) is 14.0 Å². The van der Waals surface area contributed by atoms with Crippen molar-refractivity contribution in [3.63, 3.8) is 0 Å². The first-order valence-corrected chi connectivity index (χ1v) is 18.0. The Morgan fingerprint density at radius 1 is 0.708 bits per heavy atom. The molecule has 0 spiro atoms. The van der Waals surface area contributed by atoms with Crippen molar-refractivity contribution >= 4 is 11.9 Å². The van der Waals surface area contributed by atoms with E-state index in [4.69, 9.17) is 14.2 Å². The number of rotatable bonds is 21. The molecule has 3 rings (SSSR count). The van der Waals surface area contributed by atoms with E-state index in [0.717, 1.165) is 43.2 Å². The van der Waals surface area contributed by atoms with Gasteiger partial charge < -0.3 is 14.2 Å². The van der Waals surface area contributed by atoms with Crippen molar-refractivity contribution < 1.29 is 28.2 Å². The minimum atomic E-state index is -0.744. The van der Waals surface area contributed by atoms with Gasteiger partial charge in [0.1, 0.15) is 5.75 Å². The second-order valence-corrected chi connectivity index (χ2v) is 12.5. The number of benzene rings is 3. The lowest BCUT2D eigenvalue weighted by Gasteiger charge is -2.13. The van der Waals surface area contributed by atoms with Crippen LogP contribution in [-0.4, -0.2) is 24.6 Å². The van der Waals surface area contributed by atoms with Gasteiger partial charge in [-0.05, 0) is 79.8 Å². The minimum absolute atomic E-state index is 0.112. The number of halogens is 1. The zero-order valence-corrected chi connectivity index (χ0v) is 29.2. The maximum atomic E-state index is 14.5. The smallest absolute Gasteiger partial charge is 0.390 e. The molecule has 0 amide bonds. The van der Waals surface area contributed by atoms with Gasteiger partial charge in [0.15, 0.2) is 11.6 Å². The summed E-state index contributed by atoms with van der Waals surface area (Å²) in [4.78, 5) is 24.8. The van der Waals surface area contributed by atoms with Crippen LogP contribution in [-0.2, 0) is 9.53 Å².